The van der Waals surface area contributed by atoms with E-state index in [-0.39, 0.29) is 11.9 Å². The largest absolute Gasteiger partial charge is 0.343 e. The van der Waals surface area contributed by atoms with E-state index in [1.54, 1.807) is 6.92 Å². The maximum absolute atomic E-state index is 11.8. The van der Waals surface area contributed by atoms with Crippen LogP contribution in [0.4, 0.5) is 0 Å². The molecule has 106 valence electrons. The van der Waals surface area contributed by atoms with Crippen LogP contribution in [0.15, 0.2) is 36.4 Å². The number of carbonyl (C=O) groups is 1. The molecule has 0 bridgehead atoms. The summed E-state index contributed by atoms with van der Waals surface area (Å²) in [5, 5.41) is 2.93. The van der Waals surface area contributed by atoms with Gasteiger partial charge in [0.05, 0.1) is 17.1 Å². The van der Waals surface area contributed by atoms with Gasteiger partial charge in [0.25, 0.3) is 0 Å². The molecule has 1 N–H and O–H groups in total. The van der Waals surface area contributed by atoms with E-state index < -0.39 is 0 Å². The zero-order valence-corrected chi connectivity index (χ0v) is 12.3. The van der Waals surface area contributed by atoms with Crippen molar-refractivity contribution in [2.24, 2.45) is 0 Å². The number of imidazole rings is 1. The molecule has 1 aromatic heterocycles. The Morgan fingerprint density at radius 1 is 1.45 bits per heavy atom. The Morgan fingerprint density at radius 3 is 2.80 bits per heavy atom. The first kappa shape index (κ1) is 14.3. The standard InChI is InChI=1S/C16H21N3O/c1-5-10-19-14-9-7-6-8-13(14)18-15(19)12(4)17-16(20)11(2)3/h6-9,12H,2,5,10H2,1,3-4H3,(H,17,20). The lowest BCUT2D eigenvalue weighted by molar-refractivity contribution is -0.118. The highest BCUT2D eigenvalue weighted by Gasteiger charge is 2.17. The second-order valence-electron chi connectivity index (χ2n) is 5.09. The average molecular weight is 271 g/mol. The average Bonchev–Trinajstić information content (AvgIpc) is 2.78. The summed E-state index contributed by atoms with van der Waals surface area (Å²) in [4.78, 5) is 16.4. The molecule has 0 aliphatic carbocycles. The fraction of sp³-hybridized carbons (Fsp3) is 0.375. The van der Waals surface area contributed by atoms with E-state index >= 15 is 0 Å². The Hall–Kier alpha value is -2.10. The van der Waals surface area contributed by atoms with Gasteiger partial charge in [-0.25, -0.2) is 4.98 Å². The summed E-state index contributed by atoms with van der Waals surface area (Å²) in [6, 6.07) is 7.91. The molecule has 4 heteroatoms. The number of aromatic nitrogens is 2. The first-order valence-electron chi connectivity index (χ1n) is 6.96. The third kappa shape index (κ3) is 2.74. The number of para-hydroxylation sites is 2. The second-order valence-corrected chi connectivity index (χ2v) is 5.09. The van der Waals surface area contributed by atoms with E-state index in [1.165, 1.54) is 0 Å². The summed E-state index contributed by atoms with van der Waals surface area (Å²) < 4.78 is 2.18. The molecule has 1 aromatic carbocycles. The smallest absolute Gasteiger partial charge is 0.246 e. The Morgan fingerprint density at radius 2 is 2.15 bits per heavy atom. The monoisotopic (exact) mass is 271 g/mol. The van der Waals surface area contributed by atoms with Gasteiger partial charge in [-0.15, -0.1) is 0 Å². The van der Waals surface area contributed by atoms with Gasteiger partial charge in [-0.1, -0.05) is 25.6 Å². The van der Waals surface area contributed by atoms with Crippen LogP contribution in [0.5, 0.6) is 0 Å². The van der Waals surface area contributed by atoms with Crippen LogP contribution in [0, 0.1) is 0 Å². The minimum absolute atomic E-state index is 0.132. The molecule has 0 radical (unpaired) electrons. The van der Waals surface area contributed by atoms with E-state index in [9.17, 15) is 4.79 Å². The first-order valence-corrected chi connectivity index (χ1v) is 6.96. The van der Waals surface area contributed by atoms with Crippen molar-refractivity contribution in [3.63, 3.8) is 0 Å². The summed E-state index contributed by atoms with van der Waals surface area (Å²) in [6.07, 6.45) is 1.02. The summed E-state index contributed by atoms with van der Waals surface area (Å²) in [6.45, 7) is 10.3. The normalized spacial score (nSPS) is 12.3. The van der Waals surface area contributed by atoms with Crippen LogP contribution in [0.25, 0.3) is 11.0 Å². The van der Waals surface area contributed by atoms with Crippen molar-refractivity contribution in [2.45, 2.75) is 39.8 Å². The minimum Gasteiger partial charge on any atom is -0.343 e. The topological polar surface area (TPSA) is 46.9 Å². The molecule has 0 aliphatic rings. The number of hydrogen-bond donors (Lipinski definition) is 1. The van der Waals surface area contributed by atoms with Crippen LogP contribution in [-0.4, -0.2) is 15.5 Å². The fourth-order valence-corrected chi connectivity index (χ4v) is 2.27. The van der Waals surface area contributed by atoms with Crippen LogP contribution in [0.1, 0.15) is 39.1 Å². The molecule has 0 spiro atoms. The SMILES string of the molecule is C=C(C)C(=O)NC(C)c1nc2ccccc2n1CCC. The molecule has 0 fully saturated rings. The number of aryl methyl sites for hydroxylation is 1. The van der Waals surface area contributed by atoms with Gasteiger partial charge in [-0.05, 0) is 32.4 Å². The molecule has 1 atom stereocenters. The molecule has 4 nitrogen and oxygen atoms in total. The maximum atomic E-state index is 11.8. The van der Waals surface area contributed by atoms with Crippen LogP contribution < -0.4 is 5.32 Å². The number of amides is 1. The van der Waals surface area contributed by atoms with Gasteiger partial charge in [-0.3, -0.25) is 4.79 Å². The third-order valence-electron chi connectivity index (χ3n) is 3.25. The number of carbonyl (C=O) groups excluding carboxylic acids is 1. The zero-order chi connectivity index (χ0) is 14.7. The number of nitrogens with zero attached hydrogens (tertiary/aromatic N) is 2. The quantitative estimate of drug-likeness (QED) is 0.849. The Kier molecular flexibility index (Phi) is 4.23. The Balaban J connectivity index is 2.39. The van der Waals surface area contributed by atoms with Crippen LogP contribution >= 0.6 is 0 Å². The summed E-state index contributed by atoms with van der Waals surface area (Å²) in [5.41, 5.74) is 2.59. The highest BCUT2D eigenvalue weighted by molar-refractivity contribution is 5.92. The summed E-state index contributed by atoms with van der Waals surface area (Å²) in [5.74, 6) is 0.759. The van der Waals surface area contributed by atoms with E-state index in [1.807, 2.05) is 25.1 Å². The molecule has 20 heavy (non-hydrogen) atoms. The van der Waals surface area contributed by atoms with Crippen molar-refractivity contribution in [1.82, 2.24) is 14.9 Å². The molecule has 1 heterocycles. The van der Waals surface area contributed by atoms with Crippen molar-refractivity contribution in [3.05, 3.63) is 42.2 Å². The van der Waals surface area contributed by atoms with E-state index in [2.05, 4.69) is 34.4 Å². The highest BCUT2D eigenvalue weighted by atomic mass is 16.1. The number of benzene rings is 1. The molecule has 1 unspecified atom stereocenters. The predicted molar refractivity (Wildman–Crippen MR) is 81.4 cm³/mol. The van der Waals surface area contributed by atoms with Crippen molar-refractivity contribution >= 4 is 16.9 Å². The number of nitrogens with one attached hydrogen (secondary N) is 1. The van der Waals surface area contributed by atoms with Crippen molar-refractivity contribution in [2.75, 3.05) is 0 Å². The van der Waals surface area contributed by atoms with Crippen LogP contribution in [0.3, 0.4) is 0 Å². The summed E-state index contributed by atoms with van der Waals surface area (Å²) >= 11 is 0. The molecule has 1 amide bonds. The van der Waals surface area contributed by atoms with Gasteiger partial charge in [0.2, 0.25) is 5.91 Å². The lowest BCUT2D eigenvalue weighted by Gasteiger charge is -2.15. The number of rotatable bonds is 5. The van der Waals surface area contributed by atoms with Crippen LogP contribution in [0.2, 0.25) is 0 Å². The Labute approximate surface area is 119 Å². The van der Waals surface area contributed by atoms with Gasteiger partial charge in [0, 0.05) is 12.1 Å². The van der Waals surface area contributed by atoms with E-state index in [0.717, 1.165) is 29.8 Å². The Bertz CT molecular complexity index is 642. The molecule has 0 aliphatic heterocycles. The molecule has 2 rings (SSSR count). The molecule has 0 saturated heterocycles. The van der Waals surface area contributed by atoms with E-state index in [0.29, 0.717) is 5.57 Å². The predicted octanol–water partition coefficient (Wildman–Crippen LogP) is 3.20. The summed E-state index contributed by atoms with van der Waals surface area (Å²) in [7, 11) is 0. The van der Waals surface area contributed by atoms with Crippen molar-refractivity contribution in [3.8, 4) is 0 Å². The van der Waals surface area contributed by atoms with Gasteiger partial charge in [0.1, 0.15) is 5.82 Å². The van der Waals surface area contributed by atoms with Crippen molar-refractivity contribution < 1.29 is 4.79 Å². The zero-order valence-electron chi connectivity index (χ0n) is 12.3. The molecule has 2 aromatic rings. The highest BCUT2D eigenvalue weighted by Crippen LogP contribution is 2.21. The first-order chi connectivity index (χ1) is 9.54. The van der Waals surface area contributed by atoms with Crippen molar-refractivity contribution in [1.29, 1.82) is 0 Å². The lowest BCUT2D eigenvalue weighted by Crippen LogP contribution is -2.29. The van der Waals surface area contributed by atoms with Gasteiger partial charge in [-0.2, -0.15) is 0 Å². The molecular formula is C16H21N3O. The van der Waals surface area contributed by atoms with Crippen LogP contribution in [-0.2, 0) is 11.3 Å². The maximum Gasteiger partial charge on any atom is 0.246 e. The minimum atomic E-state index is -0.141. The van der Waals surface area contributed by atoms with E-state index in [4.69, 9.17) is 0 Å². The molecule has 0 saturated carbocycles. The number of fused-ring (bicyclic) bond motifs is 1. The third-order valence-corrected chi connectivity index (χ3v) is 3.25. The van der Waals surface area contributed by atoms with Gasteiger partial charge in [0.15, 0.2) is 0 Å². The fourth-order valence-electron chi connectivity index (χ4n) is 2.27. The molecular weight excluding hydrogens is 250 g/mol. The van der Waals surface area contributed by atoms with Gasteiger partial charge >= 0.3 is 0 Å². The second kappa shape index (κ2) is 5.90. The number of hydrogen-bond acceptors (Lipinski definition) is 2. The van der Waals surface area contributed by atoms with Gasteiger partial charge < -0.3 is 9.88 Å². The lowest BCUT2D eigenvalue weighted by atomic mass is 10.2.